The Labute approximate surface area is 72.6 Å². The number of rotatable bonds is 2. The van der Waals surface area contributed by atoms with Crippen LogP contribution in [0.1, 0.15) is 19.3 Å². The molecule has 2 unspecified atom stereocenters. The van der Waals surface area contributed by atoms with Crippen LogP contribution in [-0.2, 0) is 9.63 Å². The first-order chi connectivity index (χ1) is 5.66. The summed E-state index contributed by atoms with van der Waals surface area (Å²) in [5.74, 6) is -0.0301. The van der Waals surface area contributed by atoms with Crippen LogP contribution in [0, 0.1) is 5.92 Å². The van der Waals surface area contributed by atoms with E-state index >= 15 is 0 Å². The maximum atomic E-state index is 11.5. The molecule has 0 aliphatic heterocycles. The summed E-state index contributed by atoms with van der Waals surface area (Å²) >= 11 is 0. The molecular weight excluding hydrogens is 156 g/mol. The number of carbonyl (C=O) groups excluding carboxylic acids is 1. The molecule has 0 aromatic rings. The molecule has 12 heavy (non-hydrogen) atoms. The standard InChI is InChI=1S/C8H16N2O2/c1-10(12-2)8(11)6-4-3-5-7(6)9/h6-7H,3-5,9H2,1-2H3. The molecule has 1 fully saturated rings. The van der Waals surface area contributed by atoms with E-state index in [1.807, 2.05) is 0 Å². The third kappa shape index (κ3) is 1.76. The Morgan fingerprint density at radius 2 is 2.25 bits per heavy atom. The summed E-state index contributed by atoms with van der Waals surface area (Å²) < 4.78 is 0. The van der Waals surface area contributed by atoms with Gasteiger partial charge < -0.3 is 5.73 Å². The highest BCUT2D eigenvalue weighted by Crippen LogP contribution is 2.25. The van der Waals surface area contributed by atoms with Gasteiger partial charge >= 0.3 is 0 Å². The minimum absolute atomic E-state index is 0.00231. The molecule has 2 N–H and O–H groups in total. The van der Waals surface area contributed by atoms with E-state index in [1.165, 1.54) is 12.2 Å². The smallest absolute Gasteiger partial charge is 0.250 e. The lowest BCUT2D eigenvalue weighted by Gasteiger charge is -2.20. The van der Waals surface area contributed by atoms with E-state index < -0.39 is 0 Å². The summed E-state index contributed by atoms with van der Waals surface area (Å²) in [6, 6.07) is 0.0232. The summed E-state index contributed by atoms with van der Waals surface area (Å²) in [6.45, 7) is 0. The van der Waals surface area contributed by atoms with Crippen molar-refractivity contribution in [3.63, 3.8) is 0 Å². The first-order valence-electron chi connectivity index (χ1n) is 4.24. The van der Waals surface area contributed by atoms with Crippen molar-refractivity contribution in [2.75, 3.05) is 14.2 Å². The Morgan fingerprint density at radius 1 is 1.58 bits per heavy atom. The fraction of sp³-hybridized carbons (Fsp3) is 0.875. The van der Waals surface area contributed by atoms with E-state index in [0.29, 0.717) is 0 Å². The second kappa shape index (κ2) is 3.87. The van der Waals surface area contributed by atoms with E-state index in [4.69, 9.17) is 10.6 Å². The fourth-order valence-electron chi connectivity index (χ4n) is 1.62. The van der Waals surface area contributed by atoms with Gasteiger partial charge in [-0.2, -0.15) is 0 Å². The van der Waals surface area contributed by atoms with Gasteiger partial charge in [0.1, 0.15) is 0 Å². The van der Waals surface area contributed by atoms with Crippen LogP contribution in [0.15, 0.2) is 0 Å². The number of hydrogen-bond donors (Lipinski definition) is 1. The molecule has 70 valence electrons. The fourth-order valence-corrected chi connectivity index (χ4v) is 1.62. The summed E-state index contributed by atoms with van der Waals surface area (Å²) in [4.78, 5) is 16.3. The molecule has 1 rings (SSSR count). The van der Waals surface area contributed by atoms with Crippen LogP contribution in [0.4, 0.5) is 0 Å². The molecule has 1 aliphatic rings. The number of amides is 1. The Morgan fingerprint density at radius 3 is 2.67 bits per heavy atom. The Hall–Kier alpha value is -0.610. The molecule has 0 aromatic heterocycles. The van der Waals surface area contributed by atoms with Gasteiger partial charge in [0.25, 0.3) is 5.91 Å². The molecule has 0 heterocycles. The Balaban J connectivity index is 2.51. The van der Waals surface area contributed by atoms with Gasteiger partial charge in [-0.05, 0) is 12.8 Å². The third-order valence-electron chi connectivity index (χ3n) is 2.47. The topological polar surface area (TPSA) is 55.6 Å². The van der Waals surface area contributed by atoms with Gasteiger partial charge in [0.2, 0.25) is 0 Å². The molecule has 0 bridgehead atoms. The van der Waals surface area contributed by atoms with Crippen molar-refractivity contribution in [1.82, 2.24) is 5.06 Å². The zero-order valence-corrected chi connectivity index (χ0v) is 7.62. The Kier molecular flexibility index (Phi) is 3.05. The lowest BCUT2D eigenvalue weighted by molar-refractivity contribution is -0.173. The van der Waals surface area contributed by atoms with Crippen LogP contribution in [0.2, 0.25) is 0 Å². The minimum atomic E-state index is -0.0325. The van der Waals surface area contributed by atoms with Crippen molar-refractivity contribution in [2.45, 2.75) is 25.3 Å². The Bertz CT molecular complexity index is 172. The number of hydrogen-bond acceptors (Lipinski definition) is 3. The molecule has 4 heteroatoms. The average Bonchev–Trinajstić information content (AvgIpc) is 2.48. The van der Waals surface area contributed by atoms with E-state index in [9.17, 15) is 4.79 Å². The predicted molar refractivity (Wildman–Crippen MR) is 45.1 cm³/mol. The maximum absolute atomic E-state index is 11.5. The van der Waals surface area contributed by atoms with E-state index in [0.717, 1.165) is 19.3 Å². The molecule has 1 amide bonds. The molecule has 0 radical (unpaired) electrons. The summed E-state index contributed by atoms with van der Waals surface area (Å²) in [5, 5.41) is 1.26. The third-order valence-corrected chi connectivity index (χ3v) is 2.47. The van der Waals surface area contributed by atoms with Gasteiger partial charge in [0, 0.05) is 13.1 Å². The van der Waals surface area contributed by atoms with E-state index in [2.05, 4.69) is 0 Å². The van der Waals surface area contributed by atoms with E-state index in [-0.39, 0.29) is 17.9 Å². The molecule has 0 aromatic carbocycles. The van der Waals surface area contributed by atoms with Crippen LogP contribution < -0.4 is 5.73 Å². The van der Waals surface area contributed by atoms with E-state index in [1.54, 1.807) is 7.05 Å². The van der Waals surface area contributed by atoms with Crippen LogP contribution in [0.25, 0.3) is 0 Å². The lowest BCUT2D eigenvalue weighted by atomic mass is 10.0. The second-order valence-electron chi connectivity index (χ2n) is 3.22. The normalized spacial score (nSPS) is 28.9. The summed E-state index contributed by atoms with van der Waals surface area (Å²) in [7, 11) is 3.10. The molecule has 0 saturated heterocycles. The van der Waals surface area contributed by atoms with Crippen LogP contribution in [0.3, 0.4) is 0 Å². The SMILES string of the molecule is CON(C)C(=O)C1CCCC1N. The van der Waals surface area contributed by atoms with Gasteiger partial charge in [-0.3, -0.25) is 9.63 Å². The largest absolute Gasteiger partial charge is 0.327 e. The molecule has 4 nitrogen and oxygen atoms in total. The lowest BCUT2D eigenvalue weighted by Crippen LogP contribution is -2.39. The van der Waals surface area contributed by atoms with Crippen molar-refractivity contribution in [2.24, 2.45) is 11.7 Å². The molecule has 1 aliphatic carbocycles. The summed E-state index contributed by atoms with van der Waals surface area (Å²) in [6.07, 6.45) is 2.90. The molecule has 1 saturated carbocycles. The van der Waals surface area contributed by atoms with Crippen LogP contribution in [-0.4, -0.2) is 31.2 Å². The van der Waals surface area contributed by atoms with Crippen molar-refractivity contribution in [3.05, 3.63) is 0 Å². The first-order valence-corrected chi connectivity index (χ1v) is 4.24. The maximum Gasteiger partial charge on any atom is 0.250 e. The van der Waals surface area contributed by atoms with Crippen molar-refractivity contribution in [3.8, 4) is 0 Å². The van der Waals surface area contributed by atoms with Crippen molar-refractivity contribution < 1.29 is 9.63 Å². The highest BCUT2D eigenvalue weighted by atomic mass is 16.7. The minimum Gasteiger partial charge on any atom is -0.327 e. The zero-order valence-electron chi connectivity index (χ0n) is 7.62. The van der Waals surface area contributed by atoms with Gasteiger partial charge in [-0.25, -0.2) is 5.06 Å². The zero-order chi connectivity index (χ0) is 9.14. The number of nitrogens with two attached hydrogens (primary N) is 1. The number of carbonyl (C=O) groups is 1. The quantitative estimate of drug-likeness (QED) is 0.602. The predicted octanol–water partition coefficient (Wildman–Crippen LogP) is 0.134. The molecule has 2 atom stereocenters. The highest BCUT2D eigenvalue weighted by Gasteiger charge is 2.32. The van der Waals surface area contributed by atoms with Crippen molar-refractivity contribution in [1.29, 1.82) is 0 Å². The van der Waals surface area contributed by atoms with Gasteiger partial charge in [-0.15, -0.1) is 0 Å². The van der Waals surface area contributed by atoms with Crippen molar-refractivity contribution >= 4 is 5.91 Å². The van der Waals surface area contributed by atoms with Gasteiger partial charge in [0.05, 0.1) is 13.0 Å². The van der Waals surface area contributed by atoms with Gasteiger partial charge in [-0.1, -0.05) is 6.42 Å². The van der Waals surface area contributed by atoms with Gasteiger partial charge in [0.15, 0.2) is 0 Å². The second-order valence-corrected chi connectivity index (χ2v) is 3.22. The monoisotopic (exact) mass is 172 g/mol. The van der Waals surface area contributed by atoms with Crippen LogP contribution in [0.5, 0.6) is 0 Å². The number of hydroxylamine groups is 2. The van der Waals surface area contributed by atoms with Crippen LogP contribution >= 0.6 is 0 Å². The molecule has 0 spiro atoms. The number of nitrogens with zero attached hydrogens (tertiary/aromatic N) is 1. The summed E-state index contributed by atoms with van der Waals surface area (Å²) in [5.41, 5.74) is 5.77. The highest BCUT2D eigenvalue weighted by molar-refractivity contribution is 5.78. The molecular formula is C8H16N2O2. The average molecular weight is 172 g/mol. The first kappa shape index (κ1) is 9.48.